The molecule has 1 fully saturated rings. The molecule has 7 aromatic heterocycles. The number of ether oxygens (including phenoxy) is 2. The Labute approximate surface area is 454 Å². The van der Waals surface area contributed by atoms with Gasteiger partial charge in [0.15, 0.2) is 11.6 Å². The molecule has 1 atom stereocenters. The molecule has 1 saturated heterocycles. The highest BCUT2D eigenvalue weighted by molar-refractivity contribution is 6.76. The quantitative estimate of drug-likeness (QED) is 0.0387. The summed E-state index contributed by atoms with van der Waals surface area (Å²) in [6.07, 6.45) is 18.2. The molecule has 4 aromatic carbocycles. The van der Waals surface area contributed by atoms with Crippen molar-refractivity contribution in [1.29, 1.82) is 5.26 Å². The van der Waals surface area contributed by atoms with Crippen molar-refractivity contribution in [3.8, 4) is 39.7 Å². The van der Waals surface area contributed by atoms with E-state index in [-0.39, 0.29) is 37.4 Å². The van der Waals surface area contributed by atoms with Gasteiger partial charge in [0, 0.05) is 86.4 Å². The van der Waals surface area contributed by atoms with Crippen molar-refractivity contribution >= 4 is 41.4 Å². The molecule has 0 bridgehead atoms. The second-order valence-electron chi connectivity index (χ2n) is 20.8. The number of nitriles is 1. The molecule has 0 radical (unpaired) electrons. The molecular weight excluding hydrogens is 1010 g/mol. The highest BCUT2D eigenvalue weighted by atomic mass is 28.3. The van der Waals surface area contributed by atoms with Crippen molar-refractivity contribution in [2.24, 2.45) is 0 Å². The van der Waals surface area contributed by atoms with E-state index in [1.165, 1.54) is 0 Å². The molecule has 79 heavy (non-hydrogen) atoms. The zero-order valence-electron chi connectivity index (χ0n) is 44.0. The van der Waals surface area contributed by atoms with Crippen molar-refractivity contribution in [1.82, 2.24) is 80.1 Å². The van der Waals surface area contributed by atoms with Crippen LogP contribution >= 0.6 is 0 Å². The van der Waals surface area contributed by atoms with Crippen LogP contribution in [0.3, 0.4) is 0 Å². The van der Waals surface area contributed by atoms with Crippen LogP contribution in [0.2, 0.25) is 25.7 Å². The van der Waals surface area contributed by atoms with Gasteiger partial charge in [-0.25, -0.2) is 9.36 Å². The Morgan fingerprint density at radius 1 is 0.747 bits per heavy atom. The van der Waals surface area contributed by atoms with Gasteiger partial charge in [0.1, 0.15) is 24.3 Å². The minimum atomic E-state index is -1.25. The number of carbonyl (C=O) groups is 2. The van der Waals surface area contributed by atoms with Crippen LogP contribution in [0.1, 0.15) is 74.3 Å². The summed E-state index contributed by atoms with van der Waals surface area (Å²) in [7, 11) is -1.25. The average molecular weight is 1070 g/mol. The fraction of sp³-hybridized carbons (Fsp3) is 0.263. The molecule has 0 spiro atoms. The van der Waals surface area contributed by atoms with Crippen LogP contribution in [0, 0.1) is 11.3 Å². The maximum atomic E-state index is 13.7. The van der Waals surface area contributed by atoms with Crippen LogP contribution in [0.4, 0.5) is 0 Å². The van der Waals surface area contributed by atoms with E-state index in [0.29, 0.717) is 42.5 Å². The van der Waals surface area contributed by atoms with Crippen molar-refractivity contribution in [2.45, 2.75) is 83.8 Å². The summed E-state index contributed by atoms with van der Waals surface area (Å²) in [5, 5.41) is 57.2. The summed E-state index contributed by atoms with van der Waals surface area (Å²) in [6.45, 7) is 9.74. The summed E-state index contributed by atoms with van der Waals surface area (Å²) in [4.78, 5) is 26.7. The highest BCUT2D eigenvalue weighted by Gasteiger charge is 2.22. The molecule has 3 N–H and O–H groups in total. The zero-order valence-corrected chi connectivity index (χ0v) is 45.0. The van der Waals surface area contributed by atoms with Gasteiger partial charge < -0.3 is 9.47 Å². The number of hydrogen-bond acceptors (Lipinski definition) is 14. The molecule has 1 unspecified atom stereocenters. The lowest BCUT2D eigenvalue weighted by Crippen LogP contribution is -2.22. The number of H-pyrrole nitrogens is 3. The van der Waals surface area contributed by atoms with Gasteiger partial charge in [0.25, 0.3) is 0 Å². The SMILES string of the molecule is C[Si](C)(C)CCOCn1nc(C(=O)Cc2cnn(Cc3cccc(C#N)c3)c2)c2ccc(-c3cnn(C4CCCCO4)c3)cc21.O=C(Cc1cnn(Cc2cccc(-c3nn[nH]n3)c2)c1)c1n[nH]c2cc(-c3cn[nH]c3)ccc12. The largest absolute Gasteiger partial charge is 0.360 e. The van der Waals surface area contributed by atoms with Crippen LogP contribution in [0.15, 0.2) is 135 Å². The number of fused-ring (bicyclic) bond motifs is 2. The first-order valence-electron chi connectivity index (χ1n) is 26.1. The molecule has 0 aliphatic carbocycles. The first kappa shape index (κ1) is 51.8. The number of ketones is 2. The third-order valence-corrected chi connectivity index (χ3v) is 15.4. The Kier molecular flexibility index (Phi) is 15.2. The Hall–Kier alpha value is -9.30. The van der Waals surface area contributed by atoms with Crippen molar-refractivity contribution in [2.75, 3.05) is 13.2 Å². The van der Waals surface area contributed by atoms with E-state index in [2.05, 4.69) is 88.1 Å². The van der Waals surface area contributed by atoms with Gasteiger partial charge in [-0.2, -0.15) is 41.1 Å². The second-order valence-corrected chi connectivity index (χ2v) is 26.4. The number of aromatic amines is 3. The lowest BCUT2D eigenvalue weighted by Gasteiger charge is -2.22. The van der Waals surface area contributed by atoms with Crippen molar-refractivity contribution in [3.63, 3.8) is 0 Å². The predicted molar refractivity (Wildman–Crippen MR) is 297 cm³/mol. The van der Waals surface area contributed by atoms with Crippen LogP contribution in [0.5, 0.6) is 0 Å². The molecule has 8 heterocycles. The number of benzene rings is 4. The van der Waals surface area contributed by atoms with E-state index >= 15 is 0 Å². The number of tetrazole rings is 1. The molecule has 398 valence electrons. The first-order chi connectivity index (χ1) is 38.5. The number of nitrogens with one attached hydrogen (secondary N) is 3. The number of nitrogens with zero attached hydrogens (tertiary/aromatic N) is 14. The highest BCUT2D eigenvalue weighted by Crippen LogP contribution is 2.30. The molecule has 0 amide bonds. The van der Waals surface area contributed by atoms with E-state index in [4.69, 9.17) is 14.6 Å². The Morgan fingerprint density at radius 3 is 2.20 bits per heavy atom. The number of rotatable bonds is 19. The molecule has 12 rings (SSSR count). The Bertz CT molecular complexity index is 3920. The summed E-state index contributed by atoms with van der Waals surface area (Å²) >= 11 is 0. The monoisotopic (exact) mass is 1070 g/mol. The summed E-state index contributed by atoms with van der Waals surface area (Å²) in [5.74, 6) is 0.388. The number of hydrogen-bond donors (Lipinski definition) is 3. The summed E-state index contributed by atoms with van der Waals surface area (Å²) in [6, 6.07) is 30.4. The number of carbonyl (C=O) groups excluding carboxylic acids is 2. The fourth-order valence-electron chi connectivity index (χ4n) is 9.50. The molecule has 22 heteroatoms. The molecule has 0 saturated carbocycles. The second kappa shape index (κ2) is 23.1. The lowest BCUT2D eigenvalue weighted by atomic mass is 10.0. The third kappa shape index (κ3) is 12.4. The maximum absolute atomic E-state index is 13.7. The van der Waals surface area contributed by atoms with Gasteiger partial charge in [-0.1, -0.05) is 62.1 Å². The Balaban J connectivity index is 0.000000173. The van der Waals surface area contributed by atoms with E-state index in [0.717, 1.165) is 104 Å². The molecule has 21 nitrogen and oxygen atoms in total. The minimum absolute atomic E-state index is 0.0298. The maximum Gasteiger partial charge on any atom is 0.204 e. The fourth-order valence-corrected chi connectivity index (χ4v) is 10.3. The predicted octanol–water partition coefficient (Wildman–Crippen LogP) is 9.26. The van der Waals surface area contributed by atoms with Crippen LogP contribution in [-0.4, -0.2) is 113 Å². The van der Waals surface area contributed by atoms with E-state index < -0.39 is 8.07 Å². The normalized spacial score (nSPS) is 13.6. The Morgan fingerprint density at radius 2 is 1.49 bits per heavy atom. The molecule has 1 aliphatic heterocycles. The van der Waals surface area contributed by atoms with Crippen LogP contribution < -0.4 is 0 Å². The minimum Gasteiger partial charge on any atom is -0.360 e. The van der Waals surface area contributed by atoms with Gasteiger partial charge in [0.05, 0.1) is 60.5 Å². The van der Waals surface area contributed by atoms with Gasteiger partial charge in [-0.05, 0) is 106 Å². The van der Waals surface area contributed by atoms with Crippen molar-refractivity contribution < 1.29 is 19.1 Å². The standard InChI is InChI=1S/C34H39N7O3Si.C23H18N10O/c1-45(2,3)14-13-43-24-41-31-17-28(29-20-37-40(23-29)33-9-4-5-12-44-33)10-11-30(31)34(38-41)32(42)16-27-19-36-39(22-27)21-26-8-6-7-25(15-26)18-35;34-21(22-19-5-4-16(8-20(19)27-28-22)18-10-24-25-11-18)7-15-9-26-33(13-15)12-14-2-1-3-17(6-14)23-29-31-32-30-23/h6-8,10-11,15,17,19-20,22-23,33H,4-5,9,12-14,16,21,24H2,1-3H3;1-6,8-11,13H,7,12H2,(H,24,25)(H,27,28)(H,29,30,31,32). The summed E-state index contributed by atoms with van der Waals surface area (Å²) < 4.78 is 19.3. The molecule has 1 aliphatic rings. The third-order valence-electron chi connectivity index (χ3n) is 13.6. The smallest absolute Gasteiger partial charge is 0.204 e. The topological polar surface area (TPSA) is 259 Å². The lowest BCUT2D eigenvalue weighted by molar-refractivity contribution is -0.0394. The van der Waals surface area contributed by atoms with Gasteiger partial charge >= 0.3 is 0 Å². The zero-order chi connectivity index (χ0) is 54.3. The van der Waals surface area contributed by atoms with Crippen LogP contribution in [0.25, 0.3) is 55.4 Å². The van der Waals surface area contributed by atoms with Gasteiger partial charge in [-0.15, -0.1) is 10.2 Å². The molecular formula is C57H57N17O4Si. The molecule has 11 aromatic rings. The van der Waals surface area contributed by atoms with E-state index in [1.807, 2.05) is 108 Å². The number of aromatic nitrogens is 16. The average Bonchev–Trinajstić information content (AvgIpc) is 4.37. The first-order valence-corrected chi connectivity index (χ1v) is 29.8. The van der Waals surface area contributed by atoms with E-state index in [1.54, 1.807) is 38.7 Å². The van der Waals surface area contributed by atoms with Gasteiger partial charge in [-0.3, -0.25) is 29.2 Å². The van der Waals surface area contributed by atoms with Crippen molar-refractivity contribution in [3.05, 3.63) is 174 Å². The van der Waals surface area contributed by atoms with Gasteiger partial charge in [0.2, 0.25) is 5.82 Å². The summed E-state index contributed by atoms with van der Waals surface area (Å²) in [5.41, 5.74) is 11.6. The van der Waals surface area contributed by atoms with Crippen LogP contribution in [-0.2, 0) is 42.1 Å². The number of Topliss-reactive ketones (excluding diaryl/α,β-unsaturated/α-hetero) is 2. The van der Waals surface area contributed by atoms with E-state index in [9.17, 15) is 14.9 Å².